The SMILES string of the molecule is Cc1nccc(OC2CCN(C(=O)Nc3ccccc3)CC2)n1. The highest BCUT2D eigenvalue weighted by atomic mass is 16.5. The molecule has 1 aromatic heterocycles. The first-order valence-electron chi connectivity index (χ1n) is 7.78. The van der Waals surface area contributed by atoms with Crippen LogP contribution in [0, 0.1) is 6.92 Å². The van der Waals surface area contributed by atoms with Gasteiger partial charge in [-0.2, -0.15) is 4.98 Å². The zero-order valence-electron chi connectivity index (χ0n) is 13.1. The van der Waals surface area contributed by atoms with Crippen molar-refractivity contribution in [2.75, 3.05) is 18.4 Å². The molecule has 3 rings (SSSR count). The molecule has 1 aliphatic rings. The Morgan fingerprint density at radius 2 is 1.96 bits per heavy atom. The minimum atomic E-state index is -0.0625. The van der Waals surface area contributed by atoms with E-state index in [-0.39, 0.29) is 12.1 Å². The van der Waals surface area contributed by atoms with E-state index in [9.17, 15) is 4.79 Å². The largest absolute Gasteiger partial charge is 0.474 e. The molecule has 120 valence electrons. The van der Waals surface area contributed by atoms with Crippen molar-refractivity contribution in [3.63, 3.8) is 0 Å². The van der Waals surface area contributed by atoms with Gasteiger partial charge in [0.1, 0.15) is 11.9 Å². The van der Waals surface area contributed by atoms with Crippen molar-refractivity contribution in [3.8, 4) is 5.88 Å². The van der Waals surface area contributed by atoms with E-state index in [0.717, 1.165) is 18.5 Å². The number of hydrogen-bond donors (Lipinski definition) is 1. The number of nitrogens with one attached hydrogen (secondary N) is 1. The molecule has 0 radical (unpaired) electrons. The van der Waals surface area contributed by atoms with Crippen LogP contribution in [0.2, 0.25) is 0 Å². The molecule has 2 amide bonds. The van der Waals surface area contributed by atoms with Crippen LogP contribution in [0.4, 0.5) is 10.5 Å². The summed E-state index contributed by atoms with van der Waals surface area (Å²) >= 11 is 0. The van der Waals surface area contributed by atoms with Gasteiger partial charge in [0.15, 0.2) is 0 Å². The number of likely N-dealkylation sites (tertiary alicyclic amines) is 1. The molecule has 1 N–H and O–H groups in total. The average Bonchev–Trinajstić information content (AvgIpc) is 2.56. The molecule has 23 heavy (non-hydrogen) atoms. The van der Waals surface area contributed by atoms with Crippen molar-refractivity contribution in [2.45, 2.75) is 25.9 Å². The molecule has 1 fully saturated rings. The van der Waals surface area contributed by atoms with Gasteiger partial charge in [-0.25, -0.2) is 9.78 Å². The van der Waals surface area contributed by atoms with E-state index in [0.29, 0.717) is 24.8 Å². The highest BCUT2D eigenvalue weighted by Gasteiger charge is 2.24. The number of aromatic nitrogens is 2. The molecule has 0 aliphatic carbocycles. The number of carbonyl (C=O) groups excluding carboxylic acids is 1. The normalized spacial score (nSPS) is 15.3. The average molecular weight is 312 g/mol. The fourth-order valence-corrected chi connectivity index (χ4v) is 2.57. The predicted molar refractivity (Wildman–Crippen MR) is 87.5 cm³/mol. The van der Waals surface area contributed by atoms with E-state index in [4.69, 9.17) is 4.74 Å². The first kappa shape index (κ1) is 15.3. The van der Waals surface area contributed by atoms with Gasteiger partial charge in [-0.15, -0.1) is 0 Å². The van der Waals surface area contributed by atoms with Crippen LogP contribution in [0.5, 0.6) is 5.88 Å². The van der Waals surface area contributed by atoms with E-state index >= 15 is 0 Å². The highest BCUT2D eigenvalue weighted by molar-refractivity contribution is 5.89. The van der Waals surface area contributed by atoms with E-state index in [1.807, 2.05) is 42.2 Å². The second-order valence-electron chi connectivity index (χ2n) is 5.54. The van der Waals surface area contributed by atoms with Crippen molar-refractivity contribution in [2.24, 2.45) is 0 Å². The Hall–Kier alpha value is -2.63. The van der Waals surface area contributed by atoms with Crippen molar-refractivity contribution in [1.29, 1.82) is 0 Å². The number of aryl methyl sites for hydroxylation is 1. The van der Waals surface area contributed by atoms with Crippen LogP contribution in [-0.4, -0.2) is 40.1 Å². The molecule has 0 unspecified atom stereocenters. The lowest BCUT2D eigenvalue weighted by molar-refractivity contribution is 0.111. The summed E-state index contributed by atoms with van der Waals surface area (Å²) in [4.78, 5) is 22.4. The number of benzene rings is 1. The Labute approximate surface area is 135 Å². The van der Waals surface area contributed by atoms with E-state index in [2.05, 4.69) is 15.3 Å². The first-order valence-corrected chi connectivity index (χ1v) is 7.78. The van der Waals surface area contributed by atoms with Gasteiger partial charge < -0.3 is 15.0 Å². The summed E-state index contributed by atoms with van der Waals surface area (Å²) in [6.45, 7) is 3.18. The number of anilines is 1. The maximum Gasteiger partial charge on any atom is 0.321 e. The van der Waals surface area contributed by atoms with Gasteiger partial charge in [0.25, 0.3) is 0 Å². The minimum absolute atomic E-state index is 0.0625. The summed E-state index contributed by atoms with van der Waals surface area (Å²) in [5.41, 5.74) is 0.812. The standard InChI is InChI=1S/C17H20N4O2/c1-13-18-10-7-16(19-13)23-15-8-11-21(12-9-15)17(22)20-14-5-3-2-4-6-14/h2-7,10,15H,8-9,11-12H2,1H3,(H,20,22). The molecule has 1 saturated heterocycles. The summed E-state index contributed by atoms with van der Waals surface area (Å²) in [5.74, 6) is 1.30. The lowest BCUT2D eigenvalue weighted by atomic mass is 10.1. The van der Waals surface area contributed by atoms with Crippen LogP contribution >= 0.6 is 0 Å². The molecular formula is C17H20N4O2. The second-order valence-corrected chi connectivity index (χ2v) is 5.54. The Balaban J connectivity index is 1.49. The number of amides is 2. The maximum absolute atomic E-state index is 12.2. The van der Waals surface area contributed by atoms with Crippen LogP contribution in [0.3, 0.4) is 0 Å². The van der Waals surface area contributed by atoms with Crippen molar-refractivity contribution in [1.82, 2.24) is 14.9 Å². The third-order valence-corrected chi connectivity index (χ3v) is 3.79. The summed E-state index contributed by atoms with van der Waals surface area (Å²) < 4.78 is 5.87. The third-order valence-electron chi connectivity index (χ3n) is 3.79. The summed E-state index contributed by atoms with van der Waals surface area (Å²) in [6, 6.07) is 11.2. The van der Waals surface area contributed by atoms with Gasteiger partial charge in [0.05, 0.1) is 0 Å². The molecule has 0 atom stereocenters. The van der Waals surface area contributed by atoms with Crippen molar-refractivity contribution >= 4 is 11.7 Å². The summed E-state index contributed by atoms with van der Waals surface area (Å²) in [7, 11) is 0. The number of hydrogen-bond acceptors (Lipinski definition) is 4. The van der Waals surface area contributed by atoms with E-state index in [1.54, 1.807) is 12.3 Å². The van der Waals surface area contributed by atoms with Crippen LogP contribution in [0.1, 0.15) is 18.7 Å². The second kappa shape index (κ2) is 7.09. The van der Waals surface area contributed by atoms with Crippen molar-refractivity contribution < 1.29 is 9.53 Å². The third kappa shape index (κ3) is 4.18. The predicted octanol–water partition coefficient (Wildman–Crippen LogP) is 2.86. The van der Waals surface area contributed by atoms with Gasteiger partial charge in [-0.3, -0.25) is 0 Å². The molecule has 0 bridgehead atoms. The Morgan fingerprint density at radius 3 is 2.65 bits per heavy atom. The van der Waals surface area contributed by atoms with Gasteiger partial charge in [-0.05, 0) is 19.1 Å². The lowest BCUT2D eigenvalue weighted by Gasteiger charge is -2.31. The number of para-hydroxylation sites is 1. The van der Waals surface area contributed by atoms with Crippen LogP contribution in [0.15, 0.2) is 42.6 Å². The fourth-order valence-electron chi connectivity index (χ4n) is 2.57. The van der Waals surface area contributed by atoms with E-state index < -0.39 is 0 Å². The number of rotatable bonds is 3. The number of carbonyl (C=O) groups is 1. The fraction of sp³-hybridized carbons (Fsp3) is 0.353. The number of urea groups is 1. The van der Waals surface area contributed by atoms with Gasteiger partial charge >= 0.3 is 6.03 Å². The Kier molecular flexibility index (Phi) is 4.71. The first-order chi connectivity index (χ1) is 11.2. The van der Waals surface area contributed by atoms with Crippen LogP contribution in [-0.2, 0) is 0 Å². The van der Waals surface area contributed by atoms with Gasteiger partial charge in [-0.1, -0.05) is 18.2 Å². The quantitative estimate of drug-likeness (QED) is 0.946. The van der Waals surface area contributed by atoms with E-state index in [1.165, 1.54) is 0 Å². The van der Waals surface area contributed by atoms with Crippen molar-refractivity contribution in [3.05, 3.63) is 48.4 Å². The van der Waals surface area contributed by atoms with Crippen LogP contribution in [0.25, 0.3) is 0 Å². The zero-order valence-corrected chi connectivity index (χ0v) is 13.1. The minimum Gasteiger partial charge on any atom is -0.474 e. The number of ether oxygens (including phenoxy) is 1. The topological polar surface area (TPSA) is 67.3 Å². The Bertz CT molecular complexity index is 655. The molecule has 2 heterocycles. The molecular weight excluding hydrogens is 292 g/mol. The number of piperidine rings is 1. The molecule has 6 nitrogen and oxygen atoms in total. The molecule has 0 saturated carbocycles. The molecule has 1 aliphatic heterocycles. The molecule has 6 heteroatoms. The summed E-state index contributed by atoms with van der Waals surface area (Å²) in [5, 5.41) is 2.91. The molecule has 0 spiro atoms. The Morgan fingerprint density at radius 1 is 1.22 bits per heavy atom. The smallest absolute Gasteiger partial charge is 0.321 e. The van der Waals surface area contributed by atoms with Crippen LogP contribution < -0.4 is 10.1 Å². The number of nitrogens with zero attached hydrogens (tertiary/aromatic N) is 3. The monoisotopic (exact) mass is 312 g/mol. The maximum atomic E-state index is 12.2. The lowest BCUT2D eigenvalue weighted by Crippen LogP contribution is -2.43. The zero-order chi connectivity index (χ0) is 16.1. The summed E-state index contributed by atoms with van der Waals surface area (Å²) in [6.07, 6.45) is 3.38. The van der Waals surface area contributed by atoms with Gasteiger partial charge in [0.2, 0.25) is 5.88 Å². The molecule has 2 aromatic rings. The highest BCUT2D eigenvalue weighted by Crippen LogP contribution is 2.18. The molecule has 1 aromatic carbocycles. The van der Waals surface area contributed by atoms with Gasteiger partial charge in [0, 0.05) is 43.9 Å².